The Balaban J connectivity index is 2.29. The fourth-order valence-corrected chi connectivity index (χ4v) is 1.68. The number of pyridine rings is 1. The second kappa shape index (κ2) is 3.71. The third kappa shape index (κ3) is 1.78. The molecule has 0 fully saturated rings. The second-order valence-electron chi connectivity index (χ2n) is 3.36. The molecule has 13 heavy (non-hydrogen) atoms. The highest BCUT2D eigenvalue weighted by Gasteiger charge is 2.07. The summed E-state index contributed by atoms with van der Waals surface area (Å²) >= 11 is 0. The molecule has 0 aliphatic heterocycles. The highest BCUT2D eigenvalue weighted by molar-refractivity contribution is 5.66. The van der Waals surface area contributed by atoms with Crippen LogP contribution in [0.15, 0.2) is 24.5 Å². The molecule has 0 saturated heterocycles. The van der Waals surface area contributed by atoms with E-state index >= 15 is 0 Å². The van der Waals surface area contributed by atoms with E-state index in [4.69, 9.17) is 5.11 Å². The summed E-state index contributed by atoms with van der Waals surface area (Å²) in [5.74, 6) is 0. The monoisotopic (exact) mass is 175 g/mol. The van der Waals surface area contributed by atoms with Crippen LogP contribution in [0.5, 0.6) is 0 Å². The van der Waals surface area contributed by atoms with Gasteiger partial charge in [-0.15, -0.1) is 0 Å². The zero-order chi connectivity index (χ0) is 9.10. The highest BCUT2D eigenvalue weighted by Crippen LogP contribution is 2.27. The molecule has 1 heterocycles. The number of allylic oxidation sites excluding steroid dienone is 2. The lowest BCUT2D eigenvalue weighted by atomic mass is 10.1. The van der Waals surface area contributed by atoms with Crippen molar-refractivity contribution in [3.63, 3.8) is 0 Å². The zero-order valence-corrected chi connectivity index (χ0v) is 7.53. The van der Waals surface area contributed by atoms with Crippen LogP contribution in [0.1, 0.15) is 30.4 Å². The maximum Gasteiger partial charge on any atom is 0.0697 e. The first-order chi connectivity index (χ1) is 6.40. The number of rotatable bonds is 2. The molecule has 68 valence electrons. The molecule has 0 spiro atoms. The number of aliphatic hydroxyl groups excluding tert-OH is 1. The predicted octanol–water partition coefficient (Wildman–Crippen LogP) is 2.14. The molecule has 1 aromatic heterocycles. The molecule has 1 aromatic rings. The first-order valence-electron chi connectivity index (χ1n) is 4.64. The van der Waals surface area contributed by atoms with Gasteiger partial charge in [0.1, 0.15) is 0 Å². The van der Waals surface area contributed by atoms with Crippen molar-refractivity contribution in [2.75, 3.05) is 0 Å². The molecule has 1 N–H and O–H groups in total. The number of nitrogens with zero attached hydrogens (tertiary/aromatic N) is 1. The third-order valence-electron chi connectivity index (χ3n) is 2.39. The van der Waals surface area contributed by atoms with Crippen molar-refractivity contribution >= 4 is 5.57 Å². The van der Waals surface area contributed by atoms with E-state index in [1.54, 1.807) is 6.20 Å². The Kier molecular flexibility index (Phi) is 2.41. The van der Waals surface area contributed by atoms with E-state index in [-0.39, 0.29) is 6.61 Å². The summed E-state index contributed by atoms with van der Waals surface area (Å²) < 4.78 is 0. The molecule has 1 aliphatic rings. The largest absolute Gasteiger partial charge is 0.392 e. The Bertz CT molecular complexity index is 331. The Labute approximate surface area is 77.9 Å². The lowest BCUT2D eigenvalue weighted by Gasteiger charge is -2.02. The lowest BCUT2D eigenvalue weighted by molar-refractivity contribution is 0.281. The summed E-state index contributed by atoms with van der Waals surface area (Å²) in [6.07, 6.45) is 9.42. The number of hydrogen-bond acceptors (Lipinski definition) is 2. The molecule has 0 amide bonds. The summed E-state index contributed by atoms with van der Waals surface area (Å²) in [5.41, 5.74) is 3.44. The summed E-state index contributed by atoms with van der Waals surface area (Å²) in [6, 6.07) is 2.02. The fourth-order valence-electron chi connectivity index (χ4n) is 1.68. The van der Waals surface area contributed by atoms with Crippen LogP contribution in [0.25, 0.3) is 5.57 Å². The molecule has 0 saturated carbocycles. The van der Waals surface area contributed by atoms with Gasteiger partial charge in [0.25, 0.3) is 0 Å². The van der Waals surface area contributed by atoms with Gasteiger partial charge >= 0.3 is 0 Å². The van der Waals surface area contributed by atoms with Crippen molar-refractivity contribution in [1.82, 2.24) is 4.98 Å². The minimum absolute atomic E-state index is 0.0775. The van der Waals surface area contributed by atoms with Crippen molar-refractivity contribution in [2.24, 2.45) is 0 Å². The quantitative estimate of drug-likeness (QED) is 0.747. The summed E-state index contributed by atoms with van der Waals surface area (Å²) in [7, 11) is 0. The smallest absolute Gasteiger partial charge is 0.0697 e. The summed E-state index contributed by atoms with van der Waals surface area (Å²) in [6.45, 7) is 0.0775. The Morgan fingerprint density at radius 3 is 3.00 bits per heavy atom. The van der Waals surface area contributed by atoms with E-state index < -0.39 is 0 Å². The van der Waals surface area contributed by atoms with Crippen LogP contribution in [0.2, 0.25) is 0 Å². The van der Waals surface area contributed by atoms with Gasteiger partial charge in [0.05, 0.1) is 6.61 Å². The van der Waals surface area contributed by atoms with Crippen molar-refractivity contribution in [1.29, 1.82) is 0 Å². The summed E-state index contributed by atoms with van der Waals surface area (Å²) in [5, 5.41) is 8.95. The first kappa shape index (κ1) is 8.45. The van der Waals surface area contributed by atoms with Gasteiger partial charge in [0.2, 0.25) is 0 Å². The maximum atomic E-state index is 8.95. The van der Waals surface area contributed by atoms with E-state index in [0.717, 1.165) is 12.0 Å². The average Bonchev–Trinajstić information content (AvgIpc) is 2.71. The average molecular weight is 175 g/mol. The third-order valence-corrected chi connectivity index (χ3v) is 2.39. The van der Waals surface area contributed by atoms with Crippen molar-refractivity contribution in [3.05, 3.63) is 35.7 Å². The van der Waals surface area contributed by atoms with Gasteiger partial charge in [-0.1, -0.05) is 6.08 Å². The first-order valence-corrected chi connectivity index (χ1v) is 4.64. The molecule has 0 unspecified atom stereocenters. The van der Waals surface area contributed by atoms with Crippen LogP contribution in [0, 0.1) is 0 Å². The van der Waals surface area contributed by atoms with Gasteiger partial charge in [-0.2, -0.15) is 0 Å². The van der Waals surface area contributed by atoms with E-state index in [9.17, 15) is 0 Å². The SMILES string of the molecule is OCc1cncc(C2=CCCC2)c1. The molecule has 0 bridgehead atoms. The highest BCUT2D eigenvalue weighted by atomic mass is 16.3. The van der Waals surface area contributed by atoms with Crippen LogP contribution in [-0.4, -0.2) is 10.1 Å². The van der Waals surface area contributed by atoms with Gasteiger partial charge in [-0.3, -0.25) is 4.98 Å². The van der Waals surface area contributed by atoms with Crippen LogP contribution in [-0.2, 0) is 6.61 Å². The van der Waals surface area contributed by atoms with Gasteiger partial charge in [0, 0.05) is 12.4 Å². The lowest BCUT2D eigenvalue weighted by Crippen LogP contribution is -1.89. The molecule has 0 radical (unpaired) electrons. The molecule has 0 aromatic carbocycles. The topological polar surface area (TPSA) is 33.1 Å². The van der Waals surface area contributed by atoms with Gasteiger partial charge in [0.15, 0.2) is 0 Å². The normalized spacial score (nSPS) is 15.9. The van der Waals surface area contributed by atoms with Crippen molar-refractivity contribution in [3.8, 4) is 0 Å². The Morgan fingerprint density at radius 2 is 2.31 bits per heavy atom. The van der Waals surface area contributed by atoms with E-state index in [1.807, 2.05) is 12.3 Å². The number of hydrogen-bond donors (Lipinski definition) is 1. The standard InChI is InChI=1S/C11H13NO/c13-8-9-5-11(7-12-6-9)10-3-1-2-4-10/h3,5-7,13H,1-2,4,8H2. The van der Waals surface area contributed by atoms with E-state index in [2.05, 4.69) is 11.1 Å². The van der Waals surface area contributed by atoms with E-state index in [0.29, 0.717) is 0 Å². The van der Waals surface area contributed by atoms with Gasteiger partial charge < -0.3 is 5.11 Å². The molecule has 0 atom stereocenters. The number of aromatic nitrogens is 1. The zero-order valence-electron chi connectivity index (χ0n) is 7.53. The predicted molar refractivity (Wildman–Crippen MR) is 52.0 cm³/mol. The van der Waals surface area contributed by atoms with Gasteiger partial charge in [-0.05, 0) is 42.0 Å². The molecule has 2 rings (SSSR count). The minimum Gasteiger partial charge on any atom is -0.392 e. The molecule has 1 aliphatic carbocycles. The fraction of sp³-hybridized carbons (Fsp3) is 0.364. The Hall–Kier alpha value is -1.15. The maximum absolute atomic E-state index is 8.95. The molecular formula is C11H13NO. The van der Waals surface area contributed by atoms with Crippen molar-refractivity contribution in [2.45, 2.75) is 25.9 Å². The van der Waals surface area contributed by atoms with Crippen molar-refractivity contribution < 1.29 is 5.11 Å². The molecular weight excluding hydrogens is 162 g/mol. The number of aliphatic hydroxyl groups is 1. The minimum atomic E-state index is 0.0775. The van der Waals surface area contributed by atoms with Crippen LogP contribution in [0.3, 0.4) is 0 Å². The summed E-state index contributed by atoms with van der Waals surface area (Å²) in [4.78, 5) is 4.10. The Morgan fingerprint density at radius 1 is 1.38 bits per heavy atom. The van der Waals surface area contributed by atoms with E-state index in [1.165, 1.54) is 24.0 Å². The second-order valence-corrected chi connectivity index (χ2v) is 3.36. The molecule has 2 heteroatoms. The van der Waals surface area contributed by atoms with Crippen LogP contribution >= 0.6 is 0 Å². The van der Waals surface area contributed by atoms with Crippen LogP contribution < -0.4 is 0 Å². The molecule has 2 nitrogen and oxygen atoms in total. The van der Waals surface area contributed by atoms with Crippen LogP contribution in [0.4, 0.5) is 0 Å². The van der Waals surface area contributed by atoms with Gasteiger partial charge in [-0.25, -0.2) is 0 Å².